The summed E-state index contributed by atoms with van der Waals surface area (Å²) >= 11 is 0. The van der Waals surface area contributed by atoms with Crippen molar-refractivity contribution >= 4 is 25.5 Å². The fraction of sp³-hybridized carbons (Fsp3) is 0.500. The second-order valence-corrected chi connectivity index (χ2v) is 6.14. The Morgan fingerprint density at radius 2 is 2.07 bits per heavy atom. The molecule has 146 valence electrons. The Kier molecular flexibility index (Phi) is 7.66. The van der Waals surface area contributed by atoms with Crippen LogP contribution < -0.4 is 9.97 Å². The topological polar surface area (TPSA) is 100 Å². The molecule has 1 aromatic rings. The molecular formula is C18H24BNO7. The van der Waals surface area contributed by atoms with Crippen LogP contribution in [0.5, 0.6) is 5.75 Å². The average molecular weight is 377 g/mol. The van der Waals surface area contributed by atoms with E-state index in [1.54, 1.807) is 18.2 Å². The SMILES string of the molecule is CCC(CC)C(=O)OCOC(=O)c1cccc2c1OB(OC)C(NC=O)C2. The number of carbonyl (C=O) groups is 3. The fourth-order valence-electron chi connectivity index (χ4n) is 2.97. The van der Waals surface area contributed by atoms with Gasteiger partial charge < -0.3 is 24.1 Å². The number of nitrogens with one attached hydrogen (secondary N) is 1. The van der Waals surface area contributed by atoms with E-state index in [1.165, 1.54) is 7.11 Å². The molecule has 0 aromatic heterocycles. The standard InChI is InChI=1S/C18H24BNO7/c1-4-12(5-2)17(22)25-11-26-18(23)14-8-6-7-13-9-15(20-10-21)19(24-3)27-16(13)14/h6-8,10,12,15H,4-5,9,11H2,1-3H3,(H,20,21). The minimum atomic E-state index is -0.732. The summed E-state index contributed by atoms with van der Waals surface area (Å²) in [5.41, 5.74) is 0.948. The van der Waals surface area contributed by atoms with E-state index in [0.29, 0.717) is 31.4 Å². The zero-order valence-corrected chi connectivity index (χ0v) is 15.7. The van der Waals surface area contributed by atoms with Gasteiger partial charge in [-0.1, -0.05) is 26.0 Å². The highest BCUT2D eigenvalue weighted by Crippen LogP contribution is 2.31. The molecule has 0 bridgehead atoms. The lowest BCUT2D eigenvalue weighted by atomic mass is 9.72. The lowest BCUT2D eigenvalue weighted by Crippen LogP contribution is -2.52. The Morgan fingerprint density at radius 3 is 2.70 bits per heavy atom. The number of para-hydroxylation sites is 1. The van der Waals surface area contributed by atoms with Crippen LogP contribution in [-0.4, -0.2) is 45.3 Å². The van der Waals surface area contributed by atoms with Gasteiger partial charge in [-0.3, -0.25) is 9.59 Å². The zero-order chi connectivity index (χ0) is 19.8. The Hall–Kier alpha value is -2.55. The summed E-state index contributed by atoms with van der Waals surface area (Å²) in [5.74, 6) is -1.29. The quantitative estimate of drug-likeness (QED) is 0.301. The van der Waals surface area contributed by atoms with Gasteiger partial charge in [-0.05, 0) is 30.9 Å². The third-order valence-electron chi connectivity index (χ3n) is 4.54. The number of amides is 1. The minimum Gasteiger partial charge on any atom is -0.534 e. The predicted octanol–water partition coefficient (Wildman–Crippen LogP) is 1.50. The third kappa shape index (κ3) is 5.00. The Labute approximate surface area is 158 Å². The van der Waals surface area contributed by atoms with Crippen LogP contribution in [0.25, 0.3) is 0 Å². The first kappa shape index (κ1) is 20.8. The largest absolute Gasteiger partial charge is 0.549 e. The van der Waals surface area contributed by atoms with Crippen molar-refractivity contribution in [2.45, 2.75) is 39.1 Å². The normalized spacial score (nSPS) is 15.6. The van der Waals surface area contributed by atoms with Crippen LogP contribution in [0.3, 0.4) is 0 Å². The number of hydrogen-bond donors (Lipinski definition) is 1. The number of carbonyl (C=O) groups excluding carboxylic acids is 3. The predicted molar refractivity (Wildman–Crippen MR) is 97.0 cm³/mol. The molecule has 2 rings (SSSR count). The van der Waals surface area contributed by atoms with Crippen LogP contribution in [0, 0.1) is 5.92 Å². The van der Waals surface area contributed by atoms with E-state index in [4.69, 9.17) is 18.8 Å². The van der Waals surface area contributed by atoms with Crippen LogP contribution in [0.2, 0.25) is 0 Å². The number of esters is 2. The third-order valence-corrected chi connectivity index (χ3v) is 4.54. The molecule has 0 radical (unpaired) electrons. The molecule has 0 aliphatic carbocycles. The van der Waals surface area contributed by atoms with Crippen molar-refractivity contribution in [2.24, 2.45) is 5.92 Å². The zero-order valence-electron chi connectivity index (χ0n) is 15.7. The van der Waals surface area contributed by atoms with E-state index in [1.807, 2.05) is 13.8 Å². The maximum atomic E-state index is 12.4. The monoisotopic (exact) mass is 377 g/mol. The molecule has 1 unspecified atom stereocenters. The van der Waals surface area contributed by atoms with Crippen LogP contribution in [-0.2, 0) is 30.1 Å². The Balaban J connectivity index is 2.05. The summed E-state index contributed by atoms with van der Waals surface area (Å²) in [6.45, 7) is 3.34. The number of benzene rings is 1. The van der Waals surface area contributed by atoms with Gasteiger partial charge in [0.05, 0.1) is 11.9 Å². The maximum absolute atomic E-state index is 12.4. The van der Waals surface area contributed by atoms with Crippen molar-refractivity contribution in [3.63, 3.8) is 0 Å². The highest BCUT2D eigenvalue weighted by atomic mass is 16.7. The lowest BCUT2D eigenvalue weighted by molar-refractivity contribution is -0.157. The molecule has 1 atom stereocenters. The number of fused-ring (bicyclic) bond motifs is 1. The smallest absolute Gasteiger partial charge is 0.534 e. The molecule has 1 heterocycles. The van der Waals surface area contributed by atoms with Gasteiger partial charge in [0.15, 0.2) is 0 Å². The average Bonchev–Trinajstić information content (AvgIpc) is 2.68. The first-order chi connectivity index (χ1) is 13.0. The molecule has 1 aliphatic heterocycles. The van der Waals surface area contributed by atoms with E-state index in [0.717, 1.165) is 5.56 Å². The first-order valence-electron chi connectivity index (χ1n) is 8.90. The Morgan fingerprint density at radius 1 is 1.33 bits per heavy atom. The van der Waals surface area contributed by atoms with E-state index in [-0.39, 0.29) is 23.4 Å². The van der Waals surface area contributed by atoms with Gasteiger partial charge in [-0.15, -0.1) is 0 Å². The summed E-state index contributed by atoms with van der Waals surface area (Å²) in [5, 5.41) is 2.64. The number of rotatable bonds is 9. The molecule has 8 nitrogen and oxygen atoms in total. The molecule has 0 spiro atoms. The van der Waals surface area contributed by atoms with Gasteiger partial charge in [-0.2, -0.15) is 0 Å². The molecule has 1 N–H and O–H groups in total. The molecule has 27 heavy (non-hydrogen) atoms. The molecule has 0 fully saturated rings. The molecule has 1 aromatic carbocycles. The molecule has 1 aliphatic rings. The molecule has 9 heteroatoms. The van der Waals surface area contributed by atoms with E-state index in [2.05, 4.69) is 5.32 Å². The van der Waals surface area contributed by atoms with Crippen molar-refractivity contribution < 1.29 is 33.2 Å². The lowest BCUT2D eigenvalue weighted by Gasteiger charge is -2.29. The van der Waals surface area contributed by atoms with Crippen molar-refractivity contribution in [3.05, 3.63) is 29.3 Å². The Bertz CT molecular complexity index is 678. The van der Waals surface area contributed by atoms with Crippen LogP contribution >= 0.6 is 0 Å². The van der Waals surface area contributed by atoms with Crippen molar-refractivity contribution in [1.29, 1.82) is 0 Å². The summed E-state index contributed by atoms with van der Waals surface area (Å²) < 4.78 is 21.1. The van der Waals surface area contributed by atoms with Gasteiger partial charge in [0.2, 0.25) is 13.2 Å². The second kappa shape index (κ2) is 9.96. The second-order valence-electron chi connectivity index (χ2n) is 6.14. The fourth-order valence-corrected chi connectivity index (χ4v) is 2.97. The first-order valence-corrected chi connectivity index (χ1v) is 8.90. The van der Waals surface area contributed by atoms with E-state index < -0.39 is 19.9 Å². The van der Waals surface area contributed by atoms with E-state index >= 15 is 0 Å². The van der Waals surface area contributed by atoms with Gasteiger partial charge >= 0.3 is 19.1 Å². The summed E-state index contributed by atoms with van der Waals surface area (Å²) in [6, 6.07) is 5.05. The highest BCUT2D eigenvalue weighted by molar-refractivity contribution is 6.48. The number of ether oxygens (including phenoxy) is 2. The van der Waals surface area contributed by atoms with Gasteiger partial charge in [0, 0.05) is 7.11 Å². The highest BCUT2D eigenvalue weighted by Gasteiger charge is 2.38. The molecule has 0 saturated carbocycles. The van der Waals surface area contributed by atoms with Crippen LogP contribution in [0.15, 0.2) is 18.2 Å². The maximum Gasteiger partial charge on any atom is 0.549 e. The molecular weight excluding hydrogens is 353 g/mol. The van der Waals surface area contributed by atoms with Crippen molar-refractivity contribution in [3.8, 4) is 5.75 Å². The summed E-state index contributed by atoms with van der Waals surface area (Å²) in [4.78, 5) is 35.0. The van der Waals surface area contributed by atoms with Crippen molar-refractivity contribution in [1.82, 2.24) is 5.32 Å². The van der Waals surface area contributed by atoms with Gasteiger partial charge in [0.25, 0.3) is 0 Å². The van der Waals surface area contributed by atoms with Crippen LogP contribution in [0.1, 0.15) is 42.6 Å². The van der Waals surface area contributed by atoms with Crippen molar-refractivity contribution in [2.75, 3.05) is 13.9 Å². The van der Waals surface area contributed by atoms with Gasteiger partial charge in [0.1, 0.15) is 11.3 Å². The molecule has 1 amide bonds. The number of hydrogen-bond acceptors (Lipinski definition) is 7. The van der Waals surface area contributed by atoms with Crippen LogP contribution in [0.4, 0.5) is 0 Å². The van der Waals surface area contributed by atoms with Gasteiger partial charge in [-0.25, -0.2) is 4.79 Å². The summed E-state index contributed by atoms with van der Waals surface area (Å²) in [7, 11) is 0.720. The summed E-state index contributed by atoms with van der Waals surface area (Å²) in [6.07, 6.45) is 2.35. The molecule has 0 saturated heterocycles. The van der Waals surface area contributed by atoms with E-state index in [9.17, 15) is 14.4 Å². The minimum absolute atomic E-state index is 0.206.